The number of esters is 1. The summed E-state index contributed by atoms with van der Waals surface area (Å²) in [6.45, 7) is 8.31. The molecule has 0 spiro atoms. The van der Waals surface area contributed by atoms with Crippen molar-refractivity contribution in [1.29, 1.82) is 0 Å². The van der Waals surface area contributed by atoms with Gasteiger partial charge in [-0.25, -0.2) is 0 Å². The fourth-order valence-electron chi connectivity index (χ4n) is 1.34. The predicted octanol–water partition coefficient (Wildman–Crippen LogP) is 0.954. The Hall–Kier alpha value is -0.610. The molecule has 1 fully saturated rings. The lowest BCUT2D eigenvalue weighted by molar-refractivity contribution is -0.155. The van der Waals surface area contributed by atoms with E-state index in [4.69, 9.17) is 9.47 Å². The molecule has 4 heteroatoms. The zero-order chi connectivity index (χ0) is 11.3. The van der Waals surface area contributed by atoms with Crippen LogP contribution in [0.25, 0.3) is 0 Å². The highest BCUT2D eigenvalue weighted by Crippen LogP contribution is 2.14. The summed E-state index contributed by atoms with van der Waals surface area (Å²) in [6, 6.07) is 0. The molecule has 1 aliphatic heterocycles. The second-order valence-electron chi connectivity index (χ2n) is 4.87. The molecule has 0 aliphatic carbocycles. The Bertz CT molecular complexity index is 204. The molecule has 4 nitrogen and oxygen atoms in total. The third-order valence-electron chi connectivity index (χ3n) is 2.30. The van der Waals surface area contributed by atoms with E-state index in [1.54, 1.807) is 0 Å². The van der Waals surface area contributed by atoms with Crippen LogP contribution in [0.3, 0.4) is 0 Å². The molecule has 0 aromatic heterocycles. The Labute approximate surface area is 91.3 Å². The summed E-state index contributed by atoms with van der Waals surface area (Å²) >= 11 is 0. The van der Waals surface area contributed by atoms with E-state index in [-0.39, 0.29) is 5.97 Å². The van der Waals surface area contributed by atoms with Crippen LogP contribution in [0.5, 0.6) is 0 Å². The predicted molar refractivity (Wildman–Crippen MR) is 57.6 cm³/mol. The van der Waals surface area contributed by atoms with Crippen molar-refractivity contribution in [1.82, 2.24) is 5.32 Å². The largest absolute Gasteiger partial charge is 0.463 e. The minimum Gasteiger partial charge on any atom is -0.463 e. The molecule has 0 aromatic carbocycles. The van der Waals surface area contributed by atoms with Gasteiger partial charge < -0.3 is 14.8 Å². The molecular weight excluding hydrogens is 194 g/mol. The van der Waals surface area contributed by atoms with Gasteiger partial charge in [0.05, 0.1) is 18.1 Å². The van der Waals surface area contributed by atoms with Crippen LogP contribution in [0.4, 0.5) is 0 Å². The summed E-state index contributed by atoms with van der Waals surface area (Å²) in [7, 11) is 0. The molecule has 1 unspecified atom stereocenters. The van der Waals surface area contributed by atoms with Gasteiger partial charge in [-0.15, -0.1) is 0 Å². The molecule has 1 heterocycles. The minimum atomic E-state index is -0.422. The van der Waals surface area contributed by atoms with Gasteiger partial charge in [-0.2, -0.15) is 0 Å². The van der Waals surface area contributed by atoms with Crippen LogP contribution >= 0.6 is 0 Å². The number of hydrogen-bond acceptors (Lipinski definition) is 4. The normalized spacial score (nSPS) is 21.7. The monoisotopic (exact) mass is 215 g/mol. The molecule has 0 saturated carbocycles. The number of carbonyl (C=O) groups is 1. The van der Waals surface area contributed by atoms with Gasteiger partial charge in [-0.3, -0.25) is 4.79 Å². The number of carbonyl (C=O) groups excluding carboxylic acids is 1. The summed E-state index contributed by atoms with van der Waals surface area (Å²) in [5.41, 5.74) is -0.422. The third-order valence-corrected chi connectivity index (χ3v) is 2.30. The third kappa shape index (κ3) is 4.62. The van der Waals surface area contributed by atoms with Gasteiger partial charge in [-0.05, 0) is 33.7 Å². The first-order chi connectivity index (χ1) is 7.00. The van der Waals surface area contributed by atoms with Gasteiger partial charge in [-0.1, -0.05) is 0 Å². The summed E-state index contributed by atoms with van der Waals surface area (Å²) in [4.78, 5) is 11.4. The molecule has 0 aromatic rings. The molecule has 1 saturated heterocycles. The highest BCUT2D eigenvalue weighted by atomic mass is 16.6. The molecule has 88 valence electrons. The Kier molecular flexibility index (Phi) is 4.54. The quantitative estimate of drug-likeness (QED) is 0.560. The molecule has 0 amide bonds. The van der Waals surface area contributed by atoms with Crippen molar-refractivity contribution >= 4 is 5.97 Å². The average Bonchev–Trinajstić information content (AvgIpc) is 2.63. The van der Waals surface area contributed by atoms with E-state index in [0.29, 0.717) is 19.3 Å². The van der Waals surface area contributed by atoms with Crippen molar-refractivity contribution in [3.63, 3.8) is 0 Å². The molecule has 1 rings (SSSR count). The van der Waals surface area contributed by atoms with E-state index in [0.717, 1.165) is 19.5 Å². The lowest BCUT2D eigenvalue weighted by atomic mass is 9.97. The molecule has 0 radical (unpaired) electrons. The van der Waals surface area contributed by atoms with Crippen molar-refractivity contribution < 1.29 is 14.3 Å². The lowest BCUT2D eigenvalue weighted by Crippen LogP contribution is -2.25. The van der Waals surface area contributed by atoms with Crippen LogP contribution in [0.2, 0.25) is 0 Å². The fraction of sp³-hybridized carbons (Fsp3) is 0.909. The number of ether oxygens (including phenoxy) is 2. The van der Waals surface area contributed by atoms with Crippen LogP contribution in [-0.2, 0) is 14.3 Å². The van der Waals surface area contributed by atoms with E-state index in [1.807, 2.05) is 20.8 Å². The Balaban J connectivity index is 2.03. The van der Waals surface area contributed by atoms with Crippen LogP contribution in [0.15, 0.2) is 0 Å². The average molecular weight is 215 g/mol. The van der Waals surface area contributed by atoms with Gasteiger partial charge in [0.15, 0.2) is 0 Å². The lowest BCUT2D eigenvalue weighted by Gasteiger charge is -2.17. The smallest absolute Gasteiger partial charge is 0.311 e. The van der Waals surface area contributed by atoms with Crippen molar-refractivity contribution in [2.45, 2.75) is 33.3 Å². The van der Waals surface area contributed by atoms with E-state index >= 15 is 0 Å². The molecule has 1 atom stereocenters. The molecule has 1 aliphatic rings. The maximum Gasteiger partial charge on any atom is 0.311 e. The van der Waals surface area contributed by atoms with Gasteiger partial charge in [0.2, 0.25) is 0 Å². The van der Waals surface area contributed by atoms with E-state index in [2.05, 4.69) is 5.32 Å². The zero-order valence-electron chi connectivity index (χ0n) is 9.84. The van der Waals surface area contributed by atoms with Crippen molar-refractivity contribution in [2.75, 3.05) is 26.3 Å². The van der Waals surface area contributed by atoms with Gasteiger partial charge in [0.1, 0.15) is 6.61 Å². The number of nitrogens with one attached hydrogen (secondary N) is 1. The first-order valence-electron chi connectivity index (χ1n) is 5.49. The summed E-state index contributed by atoms with van der Waals surface area (Å²) < 4.78 is 10.6. The van der Waals surface area contributed by atoms with Crippen molar-refractivity contribution in [3.05, 3.63) is 0 Å². The SMILES string of the molecule is CC(C)(C)C(=O)OCCOC1CCNC1. The minimum absolute atomic E-state index is 0.171. The second kappa shape index (κ2) is 5.47. The van der Waals surface area contributed by atoms with Gasteiger partial charge in [0, 0.05) is 6.54 Å². The first-order valence-corrected chi connectivity index (χ1v) is 5.49. The summed E-state index contributed by atoms with van der Waals surface area (Å²) in [5.74, 6) is -0.171. The number of hydrogen-bond donors (Lipinski definition) is 1. The summed E-state index contributed by atoms with van der Waals surface area (Å²) in [6.07, 6.45) is 1.34. The van der Waals surface area contributed by atoms with Crippen molar-refractivity contribution in [2.24, 2.45) is 5.41 Å². The molecule has 15 heavy (non-hydrogen) atoms. The van der Waals surface area contributed by atoms with E-state index < -0.39 is 5.41 Å². The molecular formula is C11H21NO3. The van der Waals surface area contributed by atoms with Gasteiger partial charge in [0.25, 0.3) is 0 Å². The maximum atomic E-state index is 11.4. The van der Waals surface area contributed by atoms with Crippen molar-refractivity contribution in [3.8, 4) is 0 Å². The first kappa shape index (κ1) is 12.5. The maximum absolute atomic E-state index is 11.4. The van der Waals surface area contributed by atoms with E-state index in [9.17, 15) is 4.79 Å². The summed E-state index contributed by atoms with van der Waals surface area (Å²) in [5, 5.41) is 3.21. The molecule has 0 bridgehead atoms. The van der Waals surface area contributed by atoms with Crippen LogP contribution < -0.4 is 5.32 Å². The topological polar surface area (TPSA) is 47.6 Å². The number of rotatable bonds is 4. The Morgan fingerprint density at radius 1 is 1.40 bits per heavy atom. The van der Waals surface area contributed by atoms with E-state index in [1.165, 1.54) is 0 Å². The zero-order valence-corrected chi connectivity index (χ0v) is 9.84. The highest BCUT2D eigenvalue weighted by Gasteiger charge is 2.23. The van der Waals surface area contributed by atoms with Crippen LogP contribution in [-0.4, -0.2) is 38.4 Å². The molecule has 1 N–H and O–H groups in total. The second-order valence-corrected chi connectivity index (χ2v) is 4.87. The Morgan fingerprint density at radius 2 is 2.13 bits per heavy atom. The van der Waals surface area contributed by atoms with Gasteiger partial charge >= 0.3 is 5.97 Å². The van der Waals surface area contributed by atoms with Crippen LogP contribution in [0, 0.1) is 5.41 Å². The van der Waals surface area contributed by atoms with Crippen LogP contribution in [0.1, 0.15) is 27.2 Å². The fourth-order valence-corrected chi connectivity index (χ4v) is 1.34. The highest BCUT2D eigenvalue weighted by molar-refractivity contribution is 5.75. The standard InChI is InChI=1S/C11H21NO3/c1-11(2,3)10(13)15-7-6-14-9-4-5-12-8-9/h9,12H,4-8H2,1-3H3. The Morgan fingerprint density at radius 3 is 2.67 bits per heavy atom.